The molecule has 1 aromatic carbocycles. The van der Waals surface area contributed by atoms with Gasteiger partial charge in [0, 0.05) is 0 Å². The zero-order valence-electron chi connectivity index (χ0n) is 7.91. The van der Waals surface area contributed by atoms with Gasteiger partial charge in [-0.25, -0.2) is 0 Å². The fourth-order valence-corrected chi connectivity index (χ4v) is 3.82. The number of benzene rings is 1. The van der Waals surface area contributed by atoms with Gasteiger partial charge in [-0.15, -0.1) is 0 Å². The Bertz CT molecular complexity index is 314. The third-order valence-electron chi connectivity index (χ3n) is 2.26. The molecule has 3 heteroatoms. The van der Waals surface area contributed by atoms with Crippen LogP contribution in [0.4, 0.5) is 5.69 Å². The van der Waals surface area contributed by atoms with E-state index in [-0.39, 0.29) is 0 Å². The van der Waals surface area contributed by atoms with Crippen LogP contribution in [0.15, 0.2) is 18.2 Å². The van der Waals surface area contributed by atoms with Gasteiger partial charge in [-0.2, -0.15) is 0 Å². The van der Waals surface area contributed by atoms with E-state index >= 15 is 0 Å². The van der Waals surface area contributed by atoms with Crippen LogP contribution in [0.5, 0.6) is 5.75 Å². The first-order valence-electron chi connectivity index (χ1n) is 4.41. The van der Waals surface area contributed by atoms with Crippen LogP contribution >= 0.6 is 0 Å². The molecule has 0 atom stereocenters. The monoisotopic (exact) mass is 243 g/mol. The summed E-state index contributed by atoms with van der Waals surface area (Å²) in [6, 6.07) is 6.40. The van der Waals surface area contributed by atoms with Crippen molar-refractivity contribution in [3.8, 4) is 5.75 Å². The molecule has 0 unspecified atom stereocenters. The quantitative estimate of drug-likeness (QED) is 0.712. The first kappa shape index (κ1) is 8.92. The fraction of sp³-hybridized carbons (Fsp3) is 0.400. The third-order valence-corrected chi connectivity index (χ3v) is 4.57. The Morgan fingerprint density at radius 2 is 2.38 bits per heavy atom. The summed E-state index contributed by atoms with van der Waals surface area (Å²) in [6.07, 6.45) is 0. The molecule has 0 radical (unpaired) electrons. The molecule has 2 rings (SSSR count). The van der Waals surface area contributed by atoms with Crippen molar-refractivity contribution in [2.45, 2.75) is 6.92 Å². The van der Waals surface area contributed by atoms with Crippen molar-refractivity contribution >= 4 is 25.1 Å². The molecule has 0 N–H and O–H groups in total. The van der Waals surface area contributed by atoms with Crippen LogP contribution in [0.25, 0.3) is 0 Å². The number of hydrogen-bond donors (Lipinski definition) is 0. The Labute approximate surface area is 85.0 Å². The van der Waals surface area contributed by atoms with Crippen molar-refractivity contribution in [1.82, 2.24) is 0 Å². The molecule has 0 bridgehead atoms. The molecule has 0 amide bonds. The van der Waals surface area contributed by atoms with Gasteiger partial charge in [-0.1, -0.05) is 0 Å². The van der Waals surface area contributed by atoms with Crippen molar-refractivity contribution < 1.29 is 4.74 Å². The molecule has 1 heterocycles. The Balaban J connectivity index is 2.37. The molecule has 1 aliphatic rings. The first-order valence-corrected chi connectivity index (χ1v) is 6.47. The summed E-state index contributed by atoms with van der Waals surface area (Å²) < 4.78 is 6.72. The minimum absolute atomic E-state index is 0.637. The van der Waals surface area contributed by atoms with Crippen molar-refractivity contribution in [3.63, 3.8) is 0 Å². The molecule has 13 heavy (non-hydrogen) atoms. The standard InChI is InChI=1S/C10H13NOSe/c1-3-11-7-13-10-5-4-8(12-2)6-9(10)11/h4-6H,3,7H2,1-2H3. The maximum atomic E-state index is 5.21. The average Bonchev–Trinajstić information content (AvgIpc) is 2.59. The van der Waals surface area contributed by atoms with Crippen LogP contribution in [-0.4, -0.2) is 34.1 Å². The minimum atomic E-state index is 0.637. The zero-order chi connectivity index (χ0) is 9.26. The Hall–Kier alpha value is -0.661. The van der Waals surface area contributed by atoms with Gasteiger partial charge in [-0.05, 0) is 0 Å². The van der Waals surface area contributed by atoms with E-state index in [4.69, 9.17) is 4.74 Å². The molecule has 1 aliphatic heterocycles. The summed E-state index contributed by atoms with van der Waals surface area (Å²) in [4.78, 5) is 2.41. The van der Waals surface area contributed by atoms with Crippen LogP contribution in [-0.2, 0) is 0 Å². The zero-order valence-corrected chi connectivity index (χ0v) is 9.62. The normalized spacial score (nSPS) is 14.5. The number of hydrogen-bond acceptors (Lipinski definition) is 2. The molecule has 0 saturated carbocycles. The van der Waals surface area contributed by atoms with Crippen LogP contribution in [0.2, 0.25) is 0 Å². The van der Waals surface area contributed by atoms with Gasteiger partial charge in [-0.3, -0.25) is 0 Å². The van der Waals surface area contributed by atoms with Crippen LogP contribution in [0, 0.1) is 0 Å². The third kappa shape index (κ3) is 1.54. The van der Waals surface area contributed by atoms with Crippen molar-refractivity contribution in [1.29, 1.82) is 0 Å². The van der Waals surface area contributed by atoms with Crippen molar-refractivity contribution in [2.24, 2.45) is 0 Å². The van der Waals surface area contributed by atoms with E-state index in [1.807, 2.05) is 0 Å². The number of rotatable bonds is 2. The average molecular weight is 242 g/mol. The van der Waals surface area contributed by atoms with E-state index in [1.165, 1.54) is 15.6 Å². The Morgan fingerprint density at radius 3 is 3.08 bits per heavy atom. The van der Waals surface area contributed by atoms with E-state index in [0.717, 1.165) is 12.3 Å². The maximum absolute atomic E-state index is 5.21. The van der Waals surface area contributed by atoms with Gasteiger partial charge in [0.25, 0.3) is 0 Å². The van der Waals surface area contributed by atoms with E-state index in [1.54, 1.807) is 7.11 Å². The number of ether oxygens (including phenoxy) is 1. The molecule has 0 aromatic heterocycles. The van der Waals surface area contributed by atoms with Gasteiger partial charge in [0.2, 0.25) is 0 Å². The second kappa shape index (κ2) is 3.60. The number of nitrogens with zero attached hydrogens (tertiary/aromatic N) is 1. The Kier molecular flexibility index (Phi) is 2.47. The van der Waals surface area contributed by atoms with Gasteiger partial charge < -0.3 is 0 Å². The van der Waals surface area contributed by atoms with E-state index in [0.29, 0.717) is 15.0 Å². The molecule has 0 spiro atoms. The molecule has 70 valence electrons. The van der Waals surface area contributed by atoms with Gasteiger partial charge in [0.1, 0.15) is 0 Å². The van der Waals surface area contributed by atoms with Gasteiger partial charge in [0.05, 0.1) is 0 Å². The topological polar surface area (TPSA) is 12.5 Å². The first-order chi connectivity index (χ1) is 6.35. The van der Waals surface area contributed by atoms with E-state index in [9.17, 15) is 0 Å². The number of anilines is 1. The fourth-order valence-electron chi connectivity index (χ4n) is 1.47. The molecule has 2 nitrogen and oxygen atoms in total. The summed E-state index contributed by atoms with van der Waals surface area (Å²) in [5.41, 5.74) is 2.59. The van der Waals surface area contributed by atoms with E-state index < -0.39 is 0 Å². The predicted molar refractivity (Wildman–Crippen MR) is 56.3 cm³/mol. The molecule has 0 fully saturated rings. The number of fused-ring (bicyclic) bond motifs is 1. The van der Waals surface area contributed by atoms with Crippen LogP contribution in [0.1, 0.15) is 6.92 Å². The number of methoxy groups -OCH3 is 1. The molecular formula is C10H13NOSe. The van der Waals surface area contributed by atoms with Crippen LogP contribution < -0.4 is 14.1 Å². The van der Waals surface area contributed by atoms with Gasteiger partial charge in [0.15, 0.2) is 0 Å². The second-order valence-electron chi connectivity index (χ2n) is 2.96. The van der Waals surface area contributed by atoms with Crippen molar-refractivity contribution in [3.05, 3.63) is 18.2 Å². The summed E-state index contributed by atoms with van der Waals surface area (Å²) in [6.45, 7) is 3.30. The molecular weight excluding hydrogens is 229 g/mol. The summed E-state index contributed by atoms with van der Waals surface area (Å²) in [5.74, 6) is 0.968. The van der Waals surface area contributed by atoms with Crippen molar-refractivity contribution in [2.75, 3.05) is 24.0 Å². The molecule has 0 aliphatic carbocycles. The van der Waals surface area contributed by atoms with Gasteiger partial charge >= 0.3 is 84.7 Å². The SMILES string of the molecule is CCN1C[Se]c2ccc(OC)cc21. The van der Waals surface area contributed by atoms with Crippen LogP contribution in [0.3, 0.4) is 0 Å². The van der Waals surface area contributed by atoms with E-state index in [2.05, 4.69) is 30.0 Å². The summed E-state index contributed by atoms with van der Waals surface area (Å²) in [5, 5.41) is 0. The second-order valence-corrected chi connectivity index (χ2v) is 5.03. The molecule has 1 aromatic rings. The molecule has 0 saturated heterocycles. The Morgan fingerprint density at radius 1 is 1.54 bits per heavy atom. The predicted octanol–water partition coefficient (Wildman–Crippen LogP) is 0.822. The summed E-state index contributed by atoms with van der Waals surface area (Å²) in [7, 11) is 1.72. The summed E-state index contributed by atoms with van der Waals surface area (Å²) >= 11 is 0.637.